The SMILES string of the molecule is CC(C)C.COCCCOc1cc(CCC[C@H]2[C@H](CC(C(=O)NCC(C)(C)C(N)=O)C(C)C)OCN2C(=O)OCOC(=O)C2(CN)CC2)ccc1OC.O=CO. The van der Waals surface area contributed by atoms with Gasteiger partial charge in [-0.25, -0.2) is 4.79 Å². The maximum absolute atomic E-state index is 13.4. The lowest BCUT2D eigenvalue weighted by molar-refractivity contribution is -0.158. The molecular weight excluding hydrogens is 728 g/mol. The zero-order valence-corrected chi connectivity index (χ0v) is 34.9. The van der Waals surface area contributed by atoms with Crippen molar-refractivity contribution in [3.05, 3.63) is 23.8 Å². The van der Waals surface area contributed by atoms with Gasteiger partial charge in [-0.15, -0.1) is 0 Å². The number of hydrogen-bond donors (Lipinski definition) is 4. The first-order valence-corrected chi connectivity index (χ1v) is 19.3. The Morgan fingerprint density at radius 3 is 2.23 bits per heavy atom. The first-order chi connectivity index (χ1) is 26.4. The smallest absolute Gasteiger partial charge is 0.414 e. The summed E-state index contributed by atoms with van der Waals surface area (Å²) in [7, 11) is 3.24. The molecule has 1 aliphatic carbocycles. The van der Waals surface area contributed by atoms with Gasteiger partial charge in [-0.2, -0.15) is 0 Å². The van der Waals surface area contributed by atoms with Gasteiger partial charge in [0.05, 0.1) is 36.7 Å². The van der Waals surface area contributed by atoms with Crippen LogP contribution < -0.4 is 26.3 Å². The number of carbonyl (C=O) groups excluding carboxylic acids is 4. The van der Waals surface area contributed by atoms with Crippen LogP contribution in [-0.4, -0.2) is 107 Å². The van der Waals surface area contributed by atoms with Crippen molar-refractivity contribution in [1.82, 2.24) is 10.2 Å². The third-order valence-electron chi connectivity index (χ3n) is 9.48. The van der Waals surface area contributed by atoms with E-state index in [0.717, 1.165) is 17.9 Å². The van der Waals surface area contributed by atoms with Crippen LogP contribution in [0.15, 0.2) is 18.2 Å². The fraction of sp³-hybridized carbons (Fsp3) is 0.725. The summed E-state index contributed by atoms with van der Waals surface area (Å²) in [5.74, 6) is 0.400. The Labute approximate surface area is 332 Å². The Balaban J connectivity index is 0.00000207. The van der Waals surface area contributed by atoms with E-state index in [1.165, 1.54) is 4.90 Å². The first kappa shape index (κ1) is 49.9. The van der Waals surface area contributed by atoms with Crippen LogP contribution in [0.1, 0.15) is 92.6 Å². The van der Waals surface area contributed by atoms with Crippen molar-refractivity contribution in [2.45, 2.75) is 106 Å². The number of amides is 3. The third kappa shape index (κ3) is 16.9. The van der Waals surface area contributed by atoms with E-state index in [9.17, 15) is 19.2 Å². The number of primary amides is 1. The number of esters is 1. The maximum Gasteiger partial charge on any atom is 0.414 e. The molecule has 0 aromatic heterocycles. The van der Waals surface area contributed by atoms with E-state index in [-0.39, 0.29) is 38.1 Å². The van der Waals surface area contributed by atoms with Crippen molar-refractivity contribution >= 4 is 30.3 Å². The van der Waals surface area contributed by atoms with E-state index in [0.29, 0.717) is 63.2 Å². The molecule has 3 rings (SSSR count). The summed E-state index contributed by atoms with van der Waals surface area (Å²) in [6, 6.07) is 5.39. The van der Waals surface area contributed by atoms with Crippen LogP contribution >= 0.6 is 0 Å². The van der Waals surface area contributed by atoms with Gasteiger partial charge >= 0.3 is 12.1 Å². The number of ether oxygens (including phenoxy) is 6. The molecule has 1 saturated carbocycles. The Morgan fingerprint density at radius 1 is 1.05 bits per heavy atom. The second-order valence-corrected chi connectivity index (χ2v) is 15.8. The highest BCUT2D eigenvalue weighted by Gasteiger charge is 2.50. The molecule has 1 saturated heterocycles. The van der Waals surface area contributed by atoms with Crippen molar-refractivity contribution < 1.29 is 57.5 Å². The number of nitrogens with two attached hydrogens (primary N) is 2. The highest BCUT2D eigenvalue weighted by Crippen LogP contribution is 2.45. The number of carbonyl (C=O) groups is 5. The zero-order valence-electron chi connectivity index (χ0n) is 34.9. The molecule has 1 unspecified atom stereocenters. The Hall–Kier alpha value is -4.15. The minimum atomic E-state index is -0.910. The summed E-state index contributed by atoms with van der Waals surface area (Å²) in [6.07, 6.45) is 3.15. The number of benzene rings is 1. The molecule has 56 heavy (non-hydrogen) atoms. The monoisotopic (exact) mass is 796 g/mol. The predicted molar refractivity (Wildman–Crippen MR) is 210 cm³/mol. The van der Waals surface area contributed by atoms with Gasteiger partial charge < -0.3 is 50.3 Å². The lowest BCUT2D eigenvalue weighted by Crippen LogP contribution is -2.46. The number of rotatable bonds is 21. The summed E-state index contributed by atoms with van der Waals surface area (Å²) in [4.78, 5) is 60.7. The van der Waals surface area contributed by atoms with Crippen LogP contribution in [0.4, 0.5) is 4.79 Å². The molecule has 1 heterocycles. The number of methoxy groups -OCH3 is 2. The van der Waals surface area contributed by atoms with Gasteiger partial charge in [0.1, 0.15) is 6.73 Å². The molecular formula is C40H68N4O12. The third-order valence-corrected chi connectivity index (χ3v) is 9.48. The van der Waals surface area contributed by atoms with Crippen molar-refractivity contribution in [2.24, 2.45) is 40.1 Å². The van der Waals surface area contributed by atoms with E-state index >= 15 is 0 Å². The molecule has 3 atom stereocenters. The van der Waals surface area contributed by atoms with Crippen LogP contribution in [0.25, 0.3) is 0 Å². The normalized spacial score (nSPS) is 17.4. The molecule has 6 N–H and O–H groups in total. The minimum absolute atomic E-state index is 0.0437. The van der Waals surface area contributed by atoms with Crippen molar-refractivity contribution in [1.29, 1.82) is 0 Å². The first-order valence-electron chi connectivity index (χ1n) is 19.3. The van der Waals surface area contributed by atoms with Crippen LogP contribution in [0.5, 0.6) is 11.5 Å². The molecule has 1 aromatic rings. The fourth-order valence-electron chi connectivity index (χ4n) is 5.70. The van der Waals surface area contributed by atoms with E-state index in [4.69, 9.17) is 49.8 Å². The zero-order chi connectivity index (χ0) is 42.5. The largest absolute Gasteiger partial charge is 0.493 e. The van der Waals surface area contributed by atoms with E-state index in [1.54, 1.807) is 28.1 Å². The van der Waals surface area contributed by atoms with Gasteiger partial charge in [-0.05, 0) is 81.9 Å². The van der Waals surface area contributed by atoms with Gasteiger partial charge in [-0.3, -0.25) is 24.1 Å². The van der Waals surface area contributed by atoms with Crippen molar-refractivity contribution in [3.63, 3.8) is 0 Å². The Kier molecular flexibility index (Phi) is 22.4. The maximum atomic E-state index is 13.4. The van der Waals surface area contributed by atoms with Crippen LogP contribution in [0.2, 0.25) is 0 Å². The van der Waals surface area contributed by atoms with Gasteiger partial charge in [0, 0.05) is 39.1 Å². The lowest BCUT2D eigenvalue weighted by Gasteiger charge is -2.29. The summed E-state index contributed by atoms with van der Waals surface area (Å²) in [6.45, 7) is 14.3. The van der Waals surface area contributed by atoms with Crippen LogP contribution in [0, 0.1) is 28.6 Å². The Morgan fingerprint density at radius 2 is 1.70 bits per heavy atom. The van der Waals surface area contributed by atoms with Crippen LogP contribution in [0.3, 0.4) is 0 Å². The minimum Gasteiger partial charge on any atom is -0.493 e. The van der Waals surface area contributed by atoms with Crippen molar-refractivity contribution in [2.75, 3.05) is 54.0 Å². The second-order valence-electron chi connectivity index (χ2n) is 15.8. The van der Waals surface area contributed by atoms with Gasteiger partial charge in [0.15, 0.2) is 11.5 Å². The van der Waals surface area contributed by atoms with Gasteiger partial charge in [0.2, 0.25) is 18.6 Å². The number of carboxylic acid groups (broad SMARTS) is 1. The predicted octanol–water partition coefficient (Wildman–Crippen LogP) is 4.49. The molecule has 0 bridgehead atoms. The topological polar surface area (TPSA) is 228 Å². The van der Waals surface area contributed by atoms with E-state index < -0.39 is 53.7 Å². The molecule has 2 aliphatic rings. The number of nitrogens with zero attached hydrogens (tertiary/aromatic N) is 1. The summed E-state index contributed by atoms with van der Waals surface area (Å²) >= 11 is 0. The second kappa shape index (κ2) is 25.2. The van der Waals surface area contributed by atoms with Crippen molar-refractivity contribution in [3.8, 4) is 11.5 Å². The summed E-state index contributed by atoms with van der Waals surface area (Å²) < 4.78 is 33.2. The van der Waals surface area contributed by atoms with E-state index in [1.807, 2.05) is 32.0 Å². The average molecular weight is 797 g/mol. The molecule has 16 nitrogen and oxygen atoms in total. The molecule has 1 aliphatic heterocycles. The quantitative estimate of drug-likeness (QED) is 0.0583. The molecule has 0 radical (unpaired) electrons. The highest BCUT2D eigenvalue weighted by atomic mass is 16.7. The fourth-order valence-corrected chi connectivity index (χ4v) is 5.70. The van der Waals surface area contributed by atoms with E-state index in [2.05, 4.69) is 26.1 Å². The number of aryl methyl sites for hydroxylation is 1. The molecule has 1 aromatic carbocycles. The molecule has 3 amide bonds. The molecule has 320 valence electrons. The number of nitrogens with one attached hydrogen (secondary N) is 1. The van der Waals surface area contributed by atoms with Gasteiger partial charge in [-0.1, -0.05) is 40.7 Å². The van der Waals surface area contributed by atoms with Gasteiger partial charge in [0.25, 0.3) is 6.47 Å². The summed E-state index contributed by atoms with van der Waals surface area (Å²) in [5, 5.41) is 9.77. The lowest BCUT2D eigenvalue weighted by atomic mass is 9.85. The van der Waals surface area contributed by atoms with Crippen LogP contribution in [-0.2, 0) is 44.5 Å². The molecule has 16 heteroatoms. The average Bonchev–Trinajstić information content (AvgIpc) is 3.85. The highest BCUT2D eigenvalue weighted by molar-refractivity contribution is 5.83. The molecule has 0 spiro atoms. The summed E-state index contributed by atoms with van der Waals surface area (Å²) in [5.41, 5.74) is 10.7. The standard InChI is InChI=1S/C35H56N4O10.C4H10.CH2O2/c1-23(2)25(30(40)38-20-34(3,4)31(37)41)18-28-26(39(21-47-28)33(43)49-22-48-32(42)35(19-36)13-14-35)10-7-9-24-11-12-27(45-6)29(17-24)46-16-8-15-44-5;1-4(2)3;2-1-3/h11-12,17,23,25-26,28H,7-10,13-16,18-22,36H2,1-6H3,(H2,37,41)(H,38,40);4H,1-3H3;1H,(H,2,3)/t25?,26-,28-;;/m0../s1. The number of hydrogen-bond acceptors (Lipinski definition) is 12. The Bertz CT molecular complexity index is 1370. The molecule has 2 fully saturated rings.